The number of nitrogens with one attached hydrogen (secondary N) is 3. The second kappa shape index (κ2) is 17.4. The first-order valence-corrected chi connectivity index (χ1v) is 15.3. The molecule has 0 aliphatic rings. The molecule has 0 saturated heterocycles. The summed E-state index contributed by atoms with van der Waals surface area (Å²) in [5, 5.41) is 19.2. The molecule has 0 radical (unpaired) electrons. The van der Waals surface area contributed by atoms with Crippen molar-refractivity contribution in [3.63, 3.8) is 0 Å². The Labute approximate surface area is 249 Å². The van der Waals surface area contributed by atoms with Crippen molar-refractivity contribution in [3.8, 4) is 0 Å². The predicted octanol–water partition coefficient (Wildman–Crippen LogP) is 4.95. The average Bonchev–Trinajstić information content (AvgIpc) is 2.80. The number of aliphatic hydroxyl groups is 1. The number of hydrogen-bond donors (Lipinski definition) is 4. The van der Waals surface area contributed by atoms with Crippen LogP contribution in [0.4, 0.5) is 4.79 Å². The number of hydrogen-bond acceptors (Lipinski definition) is 5. The van der Waals surface area contributed by atoms with Crippen LogP contribution in [0.5, 0.6) is 0 Å². The summed E-state index contributed by atoms with van der Waals surface area (Å²) in [6.07, 6.45) is 0.0139. The quantitative estimate of drug-likeness (QED) is 0.150. The van der Waals surface area contributed by atoms with Crippen LogP contribution in [0.2, 0.25) is 0 Å². The van der Waals surface area contributed by atoms with E-state index in [0.717, 1.165) is 5.56 Å². The van der Waals surface area contributed by atoms with Crippen LogP contribution in [-0.4, -0.2) is 49.2 Å². The van der Waals surface area contributed by atoms with E-state index in [1.165, 1.54) is 0 Å². The van der Waals surface area contributed by atoms with Crippen LogP contribution in [-0.2, 0) is 20.9 Å². The predicted molar refractivity (Wildman–Crippen MR) is 164 cm³/mol. The van der Waals surface area contributed by atoms with Gasteiger partial charge in [-0.15, -0.1) is 0 Å². The molecule has 1 unspecified atom stereocenters. The number of aliphatic hydroxyl groups excluding tert-OH is 1. The first kappa shape index (κ1) is 33.9. The minimum atomic E-state index is -0.851. The summed E-state index contributed by atoms with van der Waals surface area (Å²) >= 11 is 4.28. The molecule has 0 bridgehead atoms. The van der Waals surface area contributed by atoms with E-state index in [0.29, 0.717) is 19.3 Å². The van der Waals surface area contributed by atoms with E-state index in [2.05, 4.69) is 61.1 Å². The highest BCUT2D eigenvalue weighted by Crippen LogP contribution is 2.21. The highest BCUT2D eigenvalue weighted by Gasteiger charge is 2.32. The molecule has 1 aromatic rings. The van der Waals surface area contributed by atoms with Crippen molar-refractivity contribution in [1.82, 2.24) is 16.0 Å². The summed E-state index contributed by atoms with van der Waals surface area (Å²) in [6, 6.07) is 7.21. The molecule has 0 aliphatic heterocycles. The summed E-state index contributed by atoms with van der Waals surface area (Å²) in [6.45, 7) is 12.0. The number of rotatable bonds is 15. The number of alkyl carbamates (subject to hydrolysis) is 1. The van der Waals surface area contributed by atoms with Gasteiger partial charge in [-0.3, -0.25) is 9.59 Å². The molecule has 4 N–H and O–H groups in total. The molecule has 3 amide bonds. The second-order valence-electron chi connectivity index (χ2n) is 10.6. The van der Waals surface area contributed by atoms with Gasteiger partial charge in [-0.1, -0.05) is 117 Å². The van der Waals surface area contributed by atoms with Gasteiger partial charge in [0, 0.05) is 0 Å². The Balaban J connectivity index is 2.94. The maximum absolute atomic E-state index is 13.3. The number of benzene rings is 1. The van der Waals surface area contributed by atoms with E-state index in [9.17, 15) is 19.5 Å². The molecule has 8 nitrogen and oxygen atoms in total. The summed E-state index contributed by atoms with van der Waals surface area (Å²) in [5.74, 6) is -0.245. The normalized spacial score (nSPS) is 14.8. The van der Waals surface area contributed by atoms with Gasteiger partial charge in [0.25, 0.3) is 0 Å². The largest absolute Gasteiger partial charge is 0.445 e. The Hall–Kier alpha value is -1.15. The standard InChI is InChI=1S/C27H43I2N3O5/c1-16(2)12-20(23(33)24(28)29)30-25(34)21(13-17(3)4)31-26(35)22(14-18(5)6)32-27(36)37-15-19-10-8-7-9-11-19/h7-11,16-18,20-24,33H,12-15H2,1-6H3,(H,30,34)(H,31,35)(H,32,36)/t20-,21-,22-,23?/m0/s1. The third-order valence-electron chi connectivity index (χ3n) is 5.59. The van der Waals surface area contributed by atoms with E-state index in [1.54, 1.807) is 0 Å². The molecule has 1 aromatic carbocycles. The van der Waals surface area contributed by atoms with E-state index in [-0.39, 0.29) is 32.2 Å². The van der Waals surface area contributed by atoms with Crippen LogP contribution < -0.4 is 16.0 Å². The lowest BCUT2D eigenvalue weighted by atomic mass is 9.97. The minimum Gasteiger partial charge on any atom is -0.445 e. The zero-order chi connectivity index (χ0) is 28.1. The number of halogens is 2. The van der Waals surface area contributed by atoms with Crippen molar-refractivity contribution in [3.05, 3.63) is 35.9 Å². The number of alkyl halides is 2. The van der Waals surface area contributed by atoms with Crippen LogP contribution in [0, 0.1) is 17.8 Å². The number of carbonyl (C=O) groups excluding carboxylic acids is 3. The summed E-state index contributed by atoms with van der Waals surface area (Å²) in [5.41, 5.74) is 0.842. The zero-order valence-corrected chi connectivity index (χ0v) is 27.0. The van der Waals surface area contributed by atoms with E-state index in [1.807, 2.05) is 71.9 Å². The molecule has 0 heterocycles. The third-order valence-corrected chi connectivity index (χ3v) is 7.07. The molecule has 0 aliphatic carbocycles. The molecule has 4 atom stereocenters. The highest BCUT2D eigenvalue weighted by atomic mass is 127. The number of amides is 3. The van der Waals surface area contributed by atoms with Gasteiger partial charge in [-0.25, -0.2) is 4.79 Å². The fraction of sp³-hybridized carbons (Fsp3) is 0.667. The first-order valence-electron chi connectivity index (χ1n) is 12.8. The lowest BCUT2D eigenvalue weighted by molar-refractivity contribution is -0.131. The fourth-order valence-electron chi connectivity index (χ4n) is 3.84. The van der Waals surface area contributed by atoms with Crippen LogP contribution in [0.1, 0.15) is 66.4 Å². The smallest absolute Gasteiger partial charge is 0.408 e. The molecular formula is C27H43I2N3O5. The van der Waals surface area contributed by atoms with Gasteiger partial charge in [0.1, 0.15) is 18.7 Å². The summed E-state index contributed by atoms with van der Waals surface area (Å²) < 4.78 is 5.22. The van der Waals surface area contributed by atoms with Gasteiger partial charge in [0.2, 0.25) is 11.8 Å². The fourth-order valence-corrected chi connectivity index (χ4v) is 4.84. The van der Waals surface area contributed by atoms with Crippen molar-refractivity contribution in [2.24, 2.45) is 17.8 Å². The van der Waals surface area contributed by atoms with Crippen LogP contribution in [0.15, 0.2) is 30.3 Å². The molecule has 0 fully saturated rings. The maximum Gasteiger partial charge on any atom is 0.408 e. The molecule has 0 spiro atoms. The lowest BCUT2D eigenvalue weighted by Crippen LogP contribution is -2.57. The van der Waals surface area contributed by atoms with Gasteiger partial charge < -0.3 is 25.8 Å². The Morgan fingerprint density at radius 1 is 0.784 bits per heavy atom. The Morgan fingerprint density at radius 3 is 1.76 bits per heavy atom. The minimum absolute atomic E-state index is 0.0843. The molecule has 0 aromatic heterocycles. The summed E-state index contributed by atoms with van der Waals surface area (Å²) in [7, 11) is 0. The van der Waals surface area contributed by atoms with Crippen LogP contribution >= 0.6 is 45.2 Å². The molecule has 210 valence electrons. The molecule has 1 rings (SSSR count). The number of carbonyl (C=O) groups is 3. The topological polar surface area (TPSA) is 117 Å². The van der Waals surface area contributed by atoms with Gasteiger partial charge in [0.05, 0.1) is 14.1 Å². The van der Waals surface area contributed by atoms with Gasteiger partial charge in [-0.2, -0.15) is 0 Å². The highest BCUT2D eigenvalue weighted by molar-refractivity contribution is 14.2. The monoisotopic (exact) mass is 743 g/mol. The molecular weight excluding hydrogens is 700 g/mol. The van der Waals surface area contributed by atoms with Crippen molar-refractivity contribution < 1.29 is 24.2 Å². The Bertz CT molecular complexity index is 837. The van der Waals surface area contributed by atoms with Gasteiger partial charge in [-0.05, 0) is 42.6 Å². The first-order chi connectivity index (χ1) is 17.3. The van der Waals surface area contributed by atoms with Gasteiger partial charge in [0.15, 0.2) is 0 Å². The SMILES string of the molecule is CC(C)C[C@H](NC(=O)OCc1ccccc1)C(=O)N[C@@H](CC(C)C)C(=O)N[C@@H](CC(C)C)C(O)C(I)I. The number of ether oxygens (including phenoxy) is 1. The Kier molecular flexibility index (Phi) is 16.0. The van der Waals surface area contributed by atoms with Gasteiger partial charge >= 0.3 is 6.09 Å². The van der Waals surface area contributed by atoms with Crippen molar-refractivity contribution >= 4 is 63.1 Å². The lowest BCUT2D eigenvalue weighted by Gasteiger charge is -2.30. The van der Waals surface area contributed by atoms with E-state index in [4.69, 9.17) is 4.74 Å². The Morgan fingerprint density at radius 2 is 1.27 bits per heavy atom. The van der Waals surface area contributed by atoms with E-state index >= 15 is 0 Å². The van der Waals surface area contributed by atoms with Crippen molar-refractivity contribution in [2.45, 2.75) is 93.6 Å². The summed E-state index contributed by atoms with van der Waals surface area (Å²) in [4.78, 5) is 39.1. The molecule has 10 heteroatoms. The van der Waals surface area contributed by atoms with Crippen LogP contribution in [0.3, 0.4) is 0 Å². The second-order valence-corrected chi connectivity index (χ2v) is 15.7. The molecule has 37 heavy (non-hydrogen) atoms. The van der Waals surface area contributed by atoms with Crippen molar-refractivity contribution in [2.75, 3.05) is 0 Å². The average molecular weight is 743 g/mol. The van der Waals surface area contributed by atoms with Crippen molar-refractivity contribution in [1.29, 1.82) is 0 Å². The van der Waals surface area contributed by atoms with E-state index < -0.39 is 36.2 Å². The van der Waals surface area contributed by atoms with Crippen LogP contribution in [0.25, 0.3) is 0 Å². The zero-order valence-electron chi connectivity index (χ0n) is 22.7. The molecule has 0 saturated carbocycles. The third kappa shape index (κ3) is 14.0. The maximum atomic E-state index is 13.3.